The minimum Gasteiger partial charge on any atom is -0.493 e. The van der Waals surface area contributed by atoms with E-state index in [2.05, 4.69) is 24.0 Å². The van der Waals surface area contributed by atoms with E-state index in [1.54, 1.807) is 44.2 Å². The van der Waals surface area contributed by atoms with Crippen molar-refractivity contribution in [2.75, 3.05) is 27.1 Å². The number of hydrogen-bond acceptors (Lipinski definition) is 5. The van der Waals surface area contributed by atoms with Crippen LogP contribution in [0, 0.1) is 11.8 Å². The van der Waals surface area contributed by atoms with Crippen LogP contribution in [0.15, 0.2) is 47.4 Å². The predicted molar refractivity (Wildman–Crippen MR) is 100 cm³/mol. The first-order valence-corrected chi connectivity index (χ1v) is 8.99. The molecule has 0 saturated carbocycles. The van der Waals surface area contributed by atoms with Crippen LogP contribution < -0.4 is 9.47 Å². The van der Waals surface area contributed by atoms with Crippen molar-refractivity contribution in [3.05, 3.63) is 53.6 Å². The summed E-state index contributed by atoms with van der Waals surface area (Å²) in [6.45, 7) is 0.754. The van der Waals surface area contributed by atoms with Gasteiger partial charge >= 0.3 is 0 Å². The van der Waals surface area contributed by atoms with Crippen molar-refractivity contribution >= 4 is 11.8 Å². The zero-order chi connectivity index (χ0) is 18.1. The van der Waals surface area contributed by atoms with Crippen molar-refractivity contribution in [2.45, 2.75) is 17.6 Å². The van der Waals surface area contributed by atoms with Crippen LogP contribution in [0.1, 0.15) is 17.2 Å². The maximum Gasteiger partial charge on any atom is 0.161 e. The lowest BCUT2D eigenvalue weighted by Crippen LogP contribution is -1.98. The smallest absolute Gasteiger partial charge is 0.161 e. The lowest BCUT2D eigenvalue weighted by atomic mass is 10.1. The number of hydrogen-bond donors (Lipinski definition) is 1. The van der Waals surface area contributed by atoms with Crippen LogP contribution in [0.2, 0.25) is 0 Å². The van der Waals surface area contributed by atoms with E-state index in [4.69, 9.17) is 14.2 Å². The summed E-state index contributed by atoms with van der Waals surface area (Å²) in [6.07, 6.45) is 1.15. The molecule has 0 amide bonds. The molecule has 1 atom stereocenters. The fraction of sp³-hybridized carbons (Fsp3) is 0.300. The molecular formula is C20H22O4S. The van der Waals surface area contributed by atoms with E-state index in [0.717, 1.165) is 5.56 Å². The SMILES string of the molecule is COc1ccc(C(O)C#CCOCc2ccc(SC)cc2)cc1OC. The zero-order valence-electron chi connectivity index (χ0n) is 14.6. The Balaban J connectivity index is 1.85. The number of thioether (sulfide) groups is 1. The van der Waals surface area contributed by atoms with E-state index in [1.165, 1.54) is 4.90 Å². The fourth-order valence-electron chi connectivity index (χ4n) is 2.19. The average molecular weight is 358 g/mol. The van der Waals surface area contributed by atoms with E-state index in [0.29, 0.717) is 23.7 Å². The Labute approximate surface area is 153 Å². The summed E-state index contributed by atoms with van der Waals surface area (Å²) < 4.78 is 15.9. The fourth-order valence-corrected chi connectivity index (χ4v) is 2.59. The summed E-state index contributed by atoms with van der Waals surface area (Å²) in [7, 11) is 3.12. The Hall–Kier alpha value is -2.13. The summed E-state index contributed by atoms with van der Waals surface area (Å²) in [5, 5.41) is 10.2. The van der Waals surface area contributed by atoms with Crippen molar-refractivity contribution in [3.8, 4) is 23.3 Å². The van der Waals surface area contributed by atoms with Gasteiger partial charge in [0, 0.05) is 4.90 Å². The van der Waals surface area contributed by atoms with E-state index < -0.39 is 6.10 Å². The molecule has 1 N–H and O–H groups in total. The van der Waals surface area contributed by atoms with Crippen LogP contribution in [-0.4, -0.2) is 32.2 Å². The van der Waals surface area contributed by atoms with Gasteiger partial charge in [-0.2, -0.15) is 0 Å². The highest BCUT2D eigenvalue weighted by molar-refractivity contribution is 7.98. The maximum absolute atomic E-state index is 10.2. The lowest BCUT2D eigenvalue weighted by molar-refractivity contribution is 0.153. The number of rotatable bonds is 7. The number of benzene rings is 2. The van der Waals surface area contributed by atoms with Crippen LogP contribution in [0.4, 0.5) is 0 Å². The Morgan fingerprint density at radius 1 is 1.04 bits per heavy atom. The summed E-state index contributed by atoms with van der Waals surface area (Å²) in [6, 6.07) is 13.4. The molecule has 132 valence electrons. The summed E-state index contributed by atoms with van der Waals surface area (Å²) in [5.74, 6) is 6.79. The van der Waals surface area contributed by atoms with Gasteiger partial charge in [0.15, 0.2) is 11.5 Å². The van der Waals surface area contributed by atoms with Crippen molar-refractivity contribution < 1.29 is 19.3 Å². The second-order valence-corrected chi connectivity index (χ2v) is 6.06. The van der Waals surface area contributed by atoms with Gasteiger partial charge in [-0.3, -0.25) is 0 Å². The van der Waals surface area contributed by atoms with Crippen molar-refractivity contribution in [2.24, 2.45) is 0 Å². The van der Waals surface area contributed by atoms with Gasteiger partial charge in [0.2, 0.25) is 0 Å². The molecular weight excluding hydrogens is 336 g/mol. The normalized spacial score (nSPS) is 11.4. The molecule has 0 aliphatic rings. The lowest BCUT2D eigenvalue weighted by Gasteiger charge is -2.10. The summed E-state index contributed by atoms with van der Waals surface area (Å²) in [4.78, 5) is 1.22. The molecule has 0 radical (unpaired) electrons. The molecule has 0 fully saturated rings. The quantitative estimate of drug-likeness (QED) is 0.465. The summed E-state index contributed by atoms with van der Waals surface area (Å²) >= 11 is 1.71. The Bertz CT molecular complexity index is 732. The molecule has 25 heavy (non-hydrogen) atoms. The van der Waals surface area contributed by atoms with Gasteiger partial charge in [0.05, 0.1) is 20.8 Å². The second-order valence-electron chi connectivity index (χ2n) is 5.18. The minimum absolute atomic E-state index is 0.259. The average Bonchev–Trinajstić information content (AvgIpc) is 2.67. The largest absolute Gasteiger partial charge is 0.493 e. The molecule has 0 aliphatic heterocycles. The predicted octanol–water partition coefficient (Wildman–Crippen LogP) is 3.68. The summed E-state index contributed by atoms with van der Waals surface area (Å²) in [5.41, 5.74) is 1.75. The topological polar surface area (TPSA) is 47.9 Å². The highest BCUT2D eigenvalue weighted by Gasteiger charge is 2.09. The zero-order valence-corrected chi connectivity index (χ0v) is 15.4. The number of aliphatic hydroxyl groups excluding tert-OH is 1. The Kier molecular flexibility index (Phi) is 7.68. The van der Waals surface area contributed by atoms with Crippen LogP contribution in [-0.2, 0) is 11.3 Å². The molecule has 2 rings (SSSR count). The van der Waals surface area contributed by atoms with E-state index in [-0.39, 0.29) is 6.61 Å². The molecule has 0 bridgehead atoms. The van der Waals surface area contributed by atoms with Crippen LogP contribution in [0.25, 0.3) is 0 Å². The molecule has 0 heterocycles. The third-order valence-corrected chi connectivity index (χ3v) is 4.31. The molecule has 2 aromatic rings. The first kappa shape index (κ1) is 19.2. The Morgan fingerprint density at radius 2 is 1.76 bits per heavy atom. The van der Waals surface area contributed by atoms with Crippen LogP contribution in [0.3, 0.4) is 0 Å². The number of aliphatic hydroxyl groups is 1. The molecule has 2 aromatic carbocycles. The molecule has 0 aromatic heterocycles. The monoisotopic (exact) mass is 358 g/mol. The first-order valence-electron chi connectivity index (χ1n) is 7.77. The van der Waals surface area contributed by atoms with Crippen molar-refractivity contribution in [3.63, 3.8) is 0 Å². The van der Waals surface area contributed by atoms with E-state index in [9.17, 15) is 5.11 Å². The number of methoxy groups -OCH3 is 2. The second kappa shape index (κ2) is 10.00. The molecule has 1 unspecified atom stereocenters. The molecule has 5 heteroatoms. The van der Waals surface area contributed by atoms with Crippen LogP contribution in [0.5, 0.6) is 11.5 Å². The van der Waals surface area contributed by atoms with Gasteiger partial charge in [-0.05, 0) is 41.6 Å². The first-order chi connectivity index (χ1) is 12.2. The molecule has 0 saturated heterocycles. The number of ether oxygens (including phenoxy) is 3. The van der Waals surface area contributed by atoms with E-state index in [1.807, 2.05) is 18.4 Å². The third kappa shape index (κ3) is 5.71. The molecule has 0 spiro atoms. The Morgan fingerprint density at radius 3 is 2.40 bits per heavy atom. The maximum atomic E-state index is 10.2. The van der Waals surface area contributed by atoms with Gasteiger partial charge in [0.1, 0.15) is 12.7 Å². The van der Waals surface area contributed by atoms with Crippen LogP contribution >= 0.6 is 11.8 Å². The van der Waals surface area contributed by atoms with Crippen molar-refractivity contribution in [1.29, 1.82) is 0 Å². The van der Waals surface area contributed by atoms with Gasteiger partial charge in [-0.15, -0.1) is 11.8 Å². The van der Waals surface area contributed by atoms with E-state index >= 15 is 0 Å². The standard InChI is InChI=1S/C20H22O4S/c1-22-19-11-8-16(13-20(19)23-2)18(21)5-4-12-24-14-15-6-9-17(25-3)10-7-15/h6-11,13,18,21H,12,14H2,1-3H3. The minimum atomic E-state index is -0.899. The third-order valence-electron chi connectivity index (χ3n) is 3.56. The van der Waals surface area contributed by atoms with Gasteiger partial charge in [0.25, 0.3) is 0 Å². The molecule has 0 aliphatic carbocycles. The van der Waals surface area contributed by atoms with Gasteiger partial charge < -0.3 is 19.3 Å². The van der Waals surface area contributed by atoms with Gasteiger partial charge in [-0.25, -0.2) is 0 Å². The highest BCUT2D eigenvalue weighted by atomic mass is 32.2. The highest BCUT2D eigenvalue weighted by Crippen LogP contribution is 2.29. The molecule has 4 nitrogen and oxygen atoms in total. The van der Waals surface area contributed by atoms with Crippen molar-refractivity contribution in [1.82, 2.24) is 0 Å². The van der Waals surface area contributed by atoms with Gasteiger partial charge in [-0.1, -0.05) is 30.0 Å².